The number of nitrogens with one attached hydrogen (secondary N) is 1. The molecule has 25 heavy (non-hydrogen) atoms. The lowest BCUT2D eigenvalue weighted by molar-refractivity contribution is -0.116. The number of likely N-dealkylation sites (N-methyl/N-ethyl adjacent to an activating group) is 1. The van der Waals surface area contributed by atoms with Gasteiger partial charge in [0.05, 0.1) is 12.1 Å². The fourth-order valence-corrected chi connectivity index (χ4v) is 4.36. The monoisotopic (exact) mass is 356 g/mol. The number of thiophene rings is 1. The second-order valence-electron chi connectivity index (χ2n) is 6.72. The maximum absolute atomic E-state index is 12.7. The third-order valence-corrected chi connectivity index (χ3v) is 5.99. The Hall–Kier alpha value is -2.14. The van der Waals surface area contributed by atoms with Gasteiger partial charge in [-0.05, 0) is 62.3 Å². The summed E-state index contributed by atoms with van der Waals surface area (Å²) in [6.07, 6.45) is 4.39. The van der Waals surface area contributed by atoms with Gasteiger partial charge in [-0.3, -0.25) is 9.59 Å². The minimum absolute atomic E-state index is 0.0524. The molecule has 3 rings (SSSR count). The van der Waals surface area contributed by atoms with Crippen LogP contribution in [0.1, 0.15) is 44.8 Å². The van der Waals surface area contributed by atoms with Crippen LogP contribution in [0.15, 0.2) is 23.6 Å². The zero-order valence-electron chi connectivity index (χ0n) is 15.0. The topological polar surface area (TPSA) is 49.4 Å². The van der Waals surface area contributed by atoms with Gasteiger partial charge in [-0.25, -0.2) is 0 Å². The number of nitrogens with zero attached hydrogens (tertiary/aromatic N) is 1. The molecule has 1 aromatic heterocycles. The molecule has 0 fully saturated rings. The van der Waals surface area contributed by atoms with Gasteiger partial charge in [-0.2, -0.15) is 0 Å². The molecular formula is C20H24N2O2S. The third-order valence-electron chi connectivity index (χ3n) is 4.90. The van der Waals surface area contributed by atoms with Gasteiger partial charge in [0.15, 0.2) is 0 Å². The Bertz CT molecular complexity index is 810. The summed E-state index contributed by atoms with van der Waals surface area (Å²) in [5.74, 6) is -0.232. The van der Waals surface area contributed by atoms with Gasteiger partial charge in [-0.15, -0.1) is 11.3 Å². The summed E-state index contributed by atoms with van der Waals surface area (Å²) in [5.41, 5.74) is 4.97. The van der Waals surface area contributed by atoms with Gasteiger partial charge in [-0.1, -0.05) is 12.1 Å². The van der Waals surface area contributed by atoms with Crippen LogP contribution in [0, 0.1) is 13.8 Å². The molecule has 1 aromatic carbocycles. The van der Waals surface area contributed by atoms with Crippen molar-refractivity contribution in [3.63, 3.8) is 0 Å². The summed E-state index contributed by atoms with van der Waals surface area (Å²) in [5, 5.41) is 4.87. The highest BCUT2D eigenvalue weighted by molar-refractivity contribution is 7.10. The van der Waals surface area contributed by atoms with Gasteiger partial charge >= 0.3 is 0 Å². The quantitative estimate of drug-likeness (QED) is 0.902. The maximum Gasteiger partial charge on any atom is 0.255 e. The smallest absolute Gasteiger partial charge is 0.255 e. The number of carbonyl (C=O) groups is 2. The van der Waals surface area contributed by atoms with E-state index in [1.54, 1.807) is 18.4 Å². The Morgan fingerprint density at radius 1 is 1.20 bits per heavy atom. The van der Waals surface area contributed by atoms with Crippen molar-refractivity contribution in [2.24, 2.45) is 0 Å². The normalized spacial score (nSPS) is 13.2. The number of anilines is 1. The predicted molar refractivity (Wildman–Crippen MR) is 102 cm³/mol. The number of fused-ring (bicyclic) bond motifs is 1. The van der Waals surface area contributed by atoms with Gasteiger partial charge in [0.1, 0.15) is 0 Å². The van der Waals surface area contributed by atoms with Crippen molar-refractivity contribution >= 4 is 28.8 Å². The van der Waals surface area contributed by atoms with E-state index in [2.05, 4.69) is 5.32 Å². The van der Waals surface area contributed by atoms with E-state index < -0.39 is 0 Å². The molecule has 2 aromatic rings. The highest BCUT2D eigenvalue weighted by Crippen LogP contribution is 2.30. The standard InChI is InChI=1S/C20H24N2O2S/c1-13-7-6-9-17(14(13)2)21-19(23)11-22(3)20(24)16-12-25-18-10-5-4-8-15(16)18/h6-7,9,12H,4-5,8,10-11H2,1-3H3,(H,21,23). The molecule has 0 spiro atoms. The molecule has 0 saturated carbocycles. The fourth-order valence-electron chi connectivity index (χ4n) is 3.24. The largest absolute Gasteiger partial charge is 0.332 e. The predicted octanol–water partition coefficient (Wildman–Crippen LogP) is 3.95. The van der Waals surface area contributed by atoms with Gasteiger partial charge in [0, 0.05) is 23.0 Å². The lowest BCUT2D eigenvalue weighted by Crippen LogP contribution is -2.35. The number of rotatable bonds is 4. The van der Waals surface area contributed by atoms with Crippen molar-refractivity contribution in [3.8, 4) is 0 Å². The molecule has 4 nitrogen and oxygen atoms in total. The molecular weight excluding hydrogens is 332 g/mol. The second kappa shape index (κ2) is 7.40. The number of hydrogen-bond donors (Lipinski definition) is 1. The molecule has 0 aliphatic heterocycles. The van der Waals surface area contributed by atoms with Crippen LogP contribution in [0.4, 0.5) is 5.69 Å². The molecule has 2 amide bonds. The molecule has 0 atom stereocenters. The van der Waals surface area contributed by atoms with Crippen LogP contribution in [0.3, 0.4) is 0 Å². The molecule has 1 aliphatic carbocycles. The summed E-state index contributed by atoms with van der Waals surface area (Å²) in [7, 11) is 1.69. The number of benzene rings is 1. The van der Waals surface area contributed by atoms with Crippen molar-refractivity contribution in [1.29, 1.82) is 0 Å². The summed E-state index contributed by atoms with van der Waals surface area (Å²) >= 11 is 1.67. The first kappa shape index (κ1) is 17.7. The van der Waals surface area contributed by atoms with E-state index in [4.69, 9.17) is 0 Å². The molecule has 0 radical (unpaired) electrons. The minimum Gasteiger partial charge on any atom is -0.332 e. The fraction of sp³-hybridized carbons (Fsp3) is 0.400. The summed E-state index contributed by atoms with van der Waals surface area (Å²) in [4.78, 5) is 27.9. The van der Waals surface area contributed by atoms with E-state index in [9.17, 15) is 9.59 Å². The van der Waals surface area contributed by atoms with Crippen LogP contribution in [0.25, 0.3) is 0 Å². The minimum atomic E-state index is -0.173. The Kier molecular flexibility index (Phi) is 5.23. The third kappa shape index (κ3) is 3.76. The number of amides is 2. The number of aryl methyl sites for hydroxylation is 2. The first-order chi connectivity index (χ1) is 12.0. The van der Waals surface area contributed by atoms with E-state index in [1.807, 2.05) is 37.4 Å². The number of carbonyl (C=O) groups excluding carboxylic acids is 2. The van der Waals surface area contributed by atoms with Crippen LogP contribution in [-0.4, -0.2) is 30.3 Å². The Balaban J connectivity index is 1.66. The van der Waals surface area contributed by atoms with E-state index in [-0.39, 0.29) is 18.4 Å². The lowest BCUT2D eigenvalue weighted by atomic mass is 9.95. The van der Waals surface area contributed by atoms with E-state index in [1.165, 1.54) is 21.8 Å². The maximum atomic E-state index is 12.7. The molecule has 0 unspecified atom stereocenters. The van der Waals surface area contributed by atoms with Gasteiger partial charge in [0.2, 0.25) is 5.91 Å². The van der Waals surface area contributed by atoms with Crippen molar-refractivity contribution < 1.29 is 9.59 Å². The van der Waals surface area contributed by atoms with E-state index in [0.29, 0.717) is 0 Å². The molecule has 1 N–H and O–H groups in total. The first-order valence-corrected chi connectivity index (χ1v) is 9.56. The Labute approximate surface area is 152 Å². The van der Waals surface area contributed by atoms with Crippen LogP contribution < -0.4 is 5.32 Å². The average Bonchev–Trinajstić information content (AvgIpc) is 3.02. The highest BCUT2D eigenvalue weighted by atomic mass is 32.1. The highest BCUT2D eigenvalue weighted by Gasteiger charge is 2.23. The average molecular weight is 356 g/mol. The van der Waals surface area contributed by atoms with Crippen LogP contribution in [0.5, 0.6) is 0 Å². The van der Waals surface area contributed by atoms with Crippen molar-refractivity contribution in [2.45, 2.75) is 39.5 Å². The molecule has 1 aliphatic rings. The van der Waals surface area contributed by atoms with Crippen molar-refractivity contribution in [2.75, 3.05) is 18.9 Å². The molecule has 0 saturated heterocycles. The number of hydrogen-bond acceptors (Lipinski definition) is 3. The van der Waals surface area contributed by atoms with E-state index in [0.717, 1.165) is 41.6 Å². The Morgan fingerprint density at radius 2 is 1.96 bits per heavy atom. The first-order valence-electron chi connectivity index (χ1n) is 8.68. The molecule has 0 bridgehead atoms. The van der Waals surface area contributed by atoms with Crippen molar-refractivity contribution in [3.05, 3.63) is 50.7 Å². The molecule has 5 heteroatoms. The Morgan fingerprint density at radius 3 is 2.76 bits per heavy atom. The van der Waals surface area contributed by atoms with Crippen LogP contribution >= 0.6 is 11.3 Å². The van der Waals surface area contributed by atoms with E-state index >= 15 is 0 Å². The summed E-state index contributed by atoms with van der Waals surface area (Å²) in [6, 6.07) is 5.82. The zero-order chi connectivity index (χ0) is 18.0. The summed E-state index contributed by atoms with van der Waals surface area (Å²) < 4.78 is 0. The SMILES string of the molecule is Cc1cccc(NC(=O)CN(C)C(=O)c2csc3c2CCCC3)c1C. The molecule has 132 valence electrons. The van der Waals surface area contributed by atoms with Crippen LogP contribution in [-0.2, 0) is 17.6 Å². The second-order valence-corrected chi connectivity index (χ2v) is 7.68. The van der Waals surface area contributed by atoms with Crippen LogP contribution in [0.2, 0.25) is 0 Å². The van der Waals surface area contributed by atoms with Gasteiger partial charge in [0.25, 0.3) is 5.91 Å². The molecule has 1 heterocycles. The zero-order valence-corrected chi connectivity index (χ0v) is 15.8. The lowest BCUT2D eigenvalue weighted by Gasteiger charge is -2.19. The summed E-state index contributed by atoms with van der Waals surface area (Å²) in [6.45, 7) is 4.05. The van der Waals surface area contributed by atoms with Crippen molar-refractivity contribution in [1.82, 2.24) is 4.90 Å². The van der Waals surface area contributed by atoms with Gasteiger partial charge < -0.3 is 10.2 Å².